The van der Waals surface area contributed by atoms with Gasteiger partial charge in [-0.3, -0.25) is 0 Å². The van der Waals surface area contributed by atoms with Crippen LogP contribution in [-0.4, -0.2) is 75.0 Å². The molecule has 6 nitrogen and oxygen atoms in total. The number of ether oxygens (including phenoxy) is 4. The smallest absolute Gasteiger partial charge is 0.164 e. The monoisotopic (exact) mass is 380 g/mol. The molecule has 24 heavy (non-hydrogen) atoms. The average molecular weight is 381 g/mol. The van der Waals surface area contributed by atoms with Crippen molar-refractivity contribution in [2.45, 2.75) is 80.8 Å². The van der Waals surface area contributed by atoms with Gasteiger partial charge < -0.3 is 29.2 Å². The lowest BCUT2D eigenvalue weighted by Gasteiger charge is -2.33. The highest BCUT2D eigenvalue weighted by Gasteiger charge is 2.53. The third kappa shape index (κ3) is 4.23. The van der Waals surface area contributed by atoms with E-state index in [1.807, 2.05) is 13.8 Å². The van der Waals surface area contributed by atoms with Crippen LogP contribution in [-0.2, 0) is 18.9 Å². The van der Waals surface area contributed by atoms with Gasteiger partial charge in [0.2, 0.25) is 0 Å². The Bertz CT molecular complexity index is 440. The molecule has 3 fully saturated rings. The van der Waals surface area contributed by atoms with Crippen LogP contribution < -0.4 is 0 Å². The Morgan fingerprint density at radius 1 is 0.875 bits per heavy atom. The van der Waals surface area contributed by atoms with E-state index >= 15 is 0 Å². The van der Waals surface area contributed by atoms with Crippen molar-refractivity contribution >= 4 is 23.5 Å². The number of rotatable bonds is 4. The third-order valence-electron chi connectivity index (χ3n) is 4.38. The highest BCUT2D eigenvalue weighted by Crippen LogP contribution is 2.41. The molecule has 0 bridgehead atoms. The molecule has 3 aliphatic rings. The molecule has 2 N–H and O–H groups in total. The van der Waals surface area contributed by atoms with E-state index in [-0.39, 0.29) is 4.58 Å². The molecule has 0 radical (unpaired) electrons. The summed E-state index contributed by atoms with van der Waals surface area (Å²) < 4.78 is 23.2. The van der Waals surface area contributed by atoms with Crippen LogP contribution >= 0.6 is 23.5 Å². The fourth-order valence-electron chi connectivity index (χ4n) is 3.30. The summed E-state index contributed by atoms with van der Waals surface area (Å²) in [6.45, 7) is 7.53. The van der Waals surface area contributed by atoms with Crippen molar-refractivity contribution in [3.63, 3.8) is 0 Å². The molecule has 0 amide bonds. The minimum Gasteiger partial charge on any atom is -0.388 e. The van der Waals surface area contributed by atoms with Crippen molar-refractivity contribution in [2.75, 3.05) is 18.1 Å². The maximum Gasteiger partial charge on any atom is 0.164 e. The molecular formula is C16H28O6S2. The van der Waals surface area contributed by atoms with Gasteiger partial charge in [0, 0.05) is 0 Å². The molecule has 0 spiro atoms. The van der Waals surface area contributed by atoms with Gasteiger partial charge in [0.05, 0.1) is 11.2 Å². The molecule has 0 aliphatic carbocycles. The number of aliphatic hydroxyl groups excluding tert-OH is 2. The predicted octanol–water partition coefficient (Wildman–Crippen LogP) is 1.58. The standard InChI is InChI=1S/C16H28O6S2/c1-15(2)19-8-9(20-15)10(17)12-13(22-16(3,4)21-12)11(18)14-23-6-5-7-24-14/h9-14,17-18H,5-8H2,1-4H3/t9?,10-,11+,12+,13-/m1/s1. The maximum absolute atomic E-state index is 10.8. The predicted molar refractivity (Wildman–Crippen MR) is 94.1 cm³/mol. The van der Waals surface area contributed by atoms with Crippen molar-refractivity contribution in [1.82, 2.24) is 0 Å². The Labute approximate surface area is 151 Å². The van der Waals surface area contributed by atoms with Crippen LogP contribution in [0.1, 0.15) is 34.1 Å². The maximum atomic E-state index is 10.8. The second kappa shape index (κ2) is 7.23. The van der Waals surface area contributed by atoms with E-state index < -0.39 is 42.1 Å². The summed E-state index contributed by atoms with van der Waals surface area (Å²) in [4.78, 5) is 0. The Morgan fingerprint density at radius 2 is 1.46 bits per heavy atom. The number of thioether (sulfide) groups is 2. The summed E-state index contributed by atoms with van der Waals surface area (Å²) in [7, 11) is 0. The lowest BCUT2D eigenvalue weighted by Crippen LogP contribution is -2.50. The van der Waals surface area contributed by atoms with E-state index in [9.17, 15) is 10.2 Å². The van der Waals surface area contributed by atoms with Crippen molar-refractivity contribution in [3.05, 3.63) is 0 Å². The summed E-state index contributed by atoms with van der Waals surface area (Å²) in [5.74, 6) is 0.499. The average Bonchev–Trinajstić information content (AvgIpc) is 3.05. The first kappa shape index (κ1) is 19.2. The molecule has 0 aromatic rings. The van der Waals surface area contributed by atoms with Crippen molar-refractivity contribution in [1.29, 1.82) is 0 Å². The topological polar surface area (TPSA) is 77.4 Å². The summed E-state index contributed by atoms with van der Waals surface area (Å²) in [5.41, 5.74) is 0. The molecule has 8 heteroatoms. The molecule has 3 saturated heterocycles. The van der Waals surface area contributed by atoms with E-state index in [4.69, 9.17) is 18.9 Å². The molecule has 140 valence electrons. The lowest BCUT2D eigenvalue weighted by molar-refractivity contribution is -0.179. The van der Waals surface area contributed by atoms with Gasteiger partial charge >= 0.3 is 0 Å². The second-order valence-corrected chi connectivity index (χ2v) is 10.2. The van der Waals surface area contributed by atoms with Gasteiger partial charge in [0.25, 0.3) is 0 Å². The fraction of sp³-hybridized carbons (Fsp3) is 1.00. The van der Waals surface area contributed by atoms with Gasteiger partial charge in [-0.05, 0) is 45.6 Å². The van der Waals surface area contributed by atoms with Gasteiger partial charge in [0.1, 0.15) is 30.5 Å². The quantitative estimate of drug-likeness (QED) is 0.761. The van der Waals surface area contributed by atoms with E-state index in [1.54, 1.807) is 37.4 Å². The molecular weight excluding hydrogens is 352 g/mol. The van der Waals surface area contributed by atoms with E-state index in [2.05, 4.69) is 0 Å². The van der Waals surface area contributed by atoms with E-state index in [0.29, 0.717) is 6.61 Å². The minimum atomic E-state index is -0.924. The van der Waals surface area contributed by atoms with Crippen molar-refractivity contribution in [3.8, 4) is 0 Å². The molecule has 3 aliphatic heterocycles. The normalized spacial score (nSPS) is 39.0. The van der Waals surface area contributed by atoms with Crippen molar-refractivity contribution in [2.24, 2.45) is 0 Å². The van der Waals surface area contributed by atoms with Gasteiger partial charge in [-0.15, -0.1) is 23.5 Å². The highest BCUT2D eigenvalue weighted by molar-refractivity contribution is 8.17. The SMILES string of the molecule is CC1(C)OCC([C@@H](O)[C@@H]2OC(C)(C)O[C@@H]2[C@H](O)C2SCCCS2)O1. The van der Waals surface area contributed by atoms with Crippen LogP contribution in [0.15, 0.2) is 0 Å². The zero-order valence-corrected chi connectivity index (χ0v) is 16.3. The van der Waals surface area contributed by atoms with Crippen LogP contribution in [0.3, 0.4) is 0 Å². The zero-order chi connectivity index (χ0) is 17.5. The summed E-state index contributed by atoms with van der Waals surface area (Å²) >= 11 is 3.49. The Balaban J connectivity index is 1.71. The van der Waals surface area contributed by atoms with Crippen LogP contribution in [0.4, 0.5) is 0 Å². The van der Waals surface area contributed by atoms with Gasteiger partial charge in [0.15, 0.2) is 11.6 Å². The summed E-state index contributed by atoms with van der Waals surface area (Å²) in [6, 6.07) is 0. The Morgan fingerprint density at radius 3 is 2.00 bits per heavy atom. The molecule has 3 heterocycles. The molecule has 0 aromatic heterocycles. The van der Waals surface area contributed by atoms with Gasteiger partial charge in [-0.1, -0.05) is 0 Å². The number of aliphatic hydroxyl groups is 2. The van der Waals surface area contributed by atoms with Crippen LogP contribution in [0.5, 0.6) is 0 Å². The molecule has 5 atom stereocenters. The van der Waals surface area contributed by atoms with Crippen LogP contribution in [0.2, 0.25) is 0 Å². The van der Waals surface area contributed by atoms with Gasteiger partial charge in [-0.2, -0.15) is 0 Å². The summed E-state index contributed by atoms with van der Waals surface area (Å²) in [6.07, 6.45) is -2.22. The van der Waals surface area contributed by atoms with E-state index in [0.717, 1.165) is 17.9 Å². The lowest BCUT2D eigenvalue weighted by atomic mass is 10.00. The van der Waals surface area contributed by atoms with Crippen LogP contribution in [0, 0.1) is 0 Å². The first-order valence-electron chi connectivity index (χ1n) is 8.45. The van der Waals surface area contributed by atoms with Crippen molar-refractivity contribution < 1.29 is 29.2 Å². The Kier molecular flexibility index (Phi) is 5.79. The largest absolute Gasteiger partial charge is 0.388 e. The first-order chi connectivity index (χ1) is 11.2. The highest BCUT2D eigenvalue weighted by atomic mass is 32.2. The minimum absolute atomic E-state index is 0.0353. The third-order valence-corrected chi connectivity index (χ3v) is 7.46. The fourth-order valence-corrected chi connectivity index (χ4v) is 6.23. The van der Waals surface area contributed by atoms with Gasteiger partial charge in [-0.25, -0.2) is 0 Å². The first-order valence-corrected chi connectivity index (χ1v) is 10.5. The Hall–Kier alpha value is 0.460. The molecule has 0 aromatic carbocycles. The molecule has 0 saturated carbocycles. The molecule has 3 rings (SSSR count). The zero-order valence-electron chi connectivity index (χ0n) is 14.6. The second-order valence-electron chi connectivity index (χ2n) is 7.38. The summed E-state index contributed by atoms with van der Waals surface area (Å²) in [5, 5.41) is 21.6. The van der Waals surface area contributed by atoms with E-state index in [1.165, 1.54) is 0 Å². The van der Waals surface area contributed by atoms with Crippen LogP contribution in [0.25, 0.3) is 0 Å². The molecule has 1 unspecified atom stereocenters. The number of hydrogen-bond donors (Lipinski definition) is 2. The number of hydrogen-bond acceptors (Lipinski definition) is 8.